The second kappa shape index (κ2) is 4.49. The Morgan fingerprint density at radius 3 is 2.63 bits per heavy atom. The van der Waals surface area contributed by atoms with Crippen LogP contribution in [0.1, 0.15) is 16.1 Å². The summed E-state index contributed by atoms with van der Waals surface area (Å²) < 4.78 is 0. The van der Waals surface area contributed by atoms with Gasteiger partial charge in [-0.3, -0.25) is 9.78 Å². The maximum absolute atomic E-state index is 11.7. The van der Waals surface area contributed by atoms with Gasteiger partial charge in [-0.1, -0.05) is 0 Å². The van der Waals surface area contributed by atoms with Crippen molar-refractivity contribution in [2.45, 2.75) is 0 Å². The fourth-order valence-corrected chi connectivity index (χ4v) is 1.92. The van der Waals surface area contributed by atoms with Gasteiger partial charge in [0, 0.05) is 17.4 Å². The molecule has 0 saturated carbocycles. The lowest BCUT2D eigenvalue weighted by Crippen LogP contribution is -2.13. The van der Waals surface area contributed by atoms with Gasteiger partial charge in [0.1, 0.15) is 5.69 Å². The summed E-state index contributed by atoms with van der Waals surface area (Å²) in [7, 11) is 0. The molecule has 2 N–H and O–H groups in total. The molecule has 0 bridgehead atoms. The molecule has 0 fully saturated rings. The molecule has 0 aliphatic heterocycles. The van der Waals surface area contributed by atoms with Crippen LogP contribution in [-0.2, 0) is 0 Å². The lowest BCUT2D eigenvalue weighted by molar-refractivity contribution is 0.104. The molecule has 1 aliphatic rings. The van der Waals surface area contributed by atoms with Crippen LogP contribution in [0.3, 0.4) is 0 Å². The number of aliphatic imine (C=N–C) groups is 1. The number of anilines is 1. The van der Waals surface area contributed by atoms with Crippen molar-refractivity contribution in [3.63, 3.8) is 0 Å². The van der Waals surface area contributed by atoms with Gasteiger partial charge in [0.05, 0.1) is 11.4 Å². The number of benzene rings is 1. The van der Waals surface area contributed by atoms with E-state index in [0.29, 0.717) is 11.4 Å². The average Bonchev–Trinajstić information content (AvgIpc) is 2.45. The summed E-state index contributed by atoms with van der Waals surface area (Å²) in [4.78, 5) is 20.3. The molecule has 0 amide bonds. The van der Waals surface area contributed by atoms with E-state index in [1.165, 1.54) is 6.08 Å². The Balaban J connectivity index is 2.08. The molecular formula is C15H11N3O. The maximum atomic E-state index is 11.7. The van der Waals surface area contributed by atoms with E-state index in [-0.39, 0.29) is 5.78 Å². The van der Waals surface area contributed by atoms with E-state index in [0.717, 1.165) is 17.0 Å². The minimum Gasteiger partial charge on any atom is -0.399 e. The van der Waals surface area contributed by atoms with Crippen molar-refractivity contribution in [1.82, 2.24) is 4.98 Å². The molecule has 4 nitrogen and oxygen atoms in total. The lowest BCUT2D eigenvalue weighted by atomic mass is 9.99. The number of aromatic nitrogens is 1. The summed E-state index contributed by atoms with van der Waals surface area (Å²) in [5.74, 6) is -0.0909. The molecule has 3 rings (SSSR count). The first-order valence-electron chi connectivity index (χ1n) is 5.86. The molecule has 1 aliphatic carbocycles. The van der Waals surface area contributed by atoms with E-state index in [9.17, 15) is 4.79 Å². The fraction of sp³-hybridized carbons (Fsp3) is 0. The summed E-state index contributed by atoms with van der Waals surface area (Å²) >= 11 is 0. The zero-order chi connectivity index (χ0) is 13.2. The standard InChI is InChI=1S/C15H11N3O/c16-10-3-5-11(6-4-10)18-13-7-8-14(19)15-12(13)2-1-9-17-15/h1-9H,16H2. The molecule has 0 saturated heterocycles. The largest absolute Gasteiger partial charge is 0.399 e. The molecule has 19 heavy (non-hydrogen) atoms. The smallest absolute Gasteiger partial charge is 0.204 e. The molecular weight excluding hydrogens is 238 g/mol. The molecule has 0 atom stereocenters. The van der Waals surface area contributed by atoms with Crippen LogP contribution in [0.4, 0.5) is 11.4 Å². The van der Waals surface area contributed by atoms with Crippen LogP contribution in [0, 0.1) is 0 Å². The number of carbonyl (C=O) groups excluding carboxylic acids is 1. The molecule has 0 unspecified atom stereocenters. The number of carbonyl (C=O) groups is 1. The number of nitrogens with zero attached hydrogens (tertiary/aromatic N) is 2. The van der Waals surface area contributed by atoms with Crippen molar-refractivity contribution in [3.8, 4) is 0 Å². The van der Waals surface area contributed by atoms with E-state index in [1.807, 2.05) is 18.2 Å². The number of ketones is 1. The second-order valence-electron chi connectivity index (χ2n) is 4.19. The topological polar surface area (TPSA) is 68.3 Å². The Hall–Kier alpha value is -2.75. The summed E-state index contributed by atoms with van der Waals surface area (Å²) in [6.07, 6.45) is 4.81. The predicted octanol–water partition coefficient (Wildman–Crippen LogP) is 2.54. The Morgan fingerprint density at radius 1 is 1.05 bits per heavy atom. The summed E-state index contributed by atoms with van der Waals surface area (Å²) in [6, 6.07) is 10.9. The van der Waals surface area contributed by atoms with Crippen LogP contribution in [0.25, 0.3) is 0 Å². The number of nitrogen functional groups attached to an aromatic ring is 1. The van der Waals surface area contributed by atoms with Gasteiger partial charge in [-0.2, -0.15) is 0 Å². The Kier molecular flexibility index (Phi) is 2.68. The van der Waals surface area contributed by atoms with Crippen molar-refractivity contribution in [1.29, 1.82) is 0 Å². The van der Waals surface area contributed by atoms with E-state index in [2.05, 4.69) is 9.98 Å². The first-order chi connectivity index (χ1) is 9.24. The number of allylic oxidation sites excluding steroid dienone is 2. The van der Waals surface area contributed by atoms with Crippen molar-refractivity contribution >= 4 is 22.9 Å². The van der Waals surface area contributed by atoms with Gasteiger partial charge in [0.2, 0.25) is 5.78 Å². The van der Waals surface area contributed by atoms with Crippen LogP contribution in [0.5, 0.6) is 0 Å². The third-order valence-corrected chi connectivity index (χ3v) is 2.85. The van der Waals surface area contributed by atoms with Crippen LogP contribution >= 0.6 is 0 Å². The zero-order valence-corrected chi connectivity index (χ0v) is 10.1. The molecule has 92 valence electrons. The highest BCUT2D eigenvalue weighted by molar-refractivity contribution is 6.23. The number of hydrogen-bond donors (Lipinski definition) is 1. The highest BCUT2D eigenvalue weighted by atomic mass is 16.1. The average molecular weight is 249 g/mol. The van der Waals surface area contributed by atoms with Gasteiger partial charge < -0.3 is 5.73 Å². The fourth-order valence-electron chi connectivity index (χ4n) is 1.92. The SMILES string of the molecule is Nc1ccc(N=C2C=CC(=O)c3ncccc32)cc1. The van der Waals surface area contributed by atoms with E-state index in [4.69, 9.17) is 5.73 Å². The van der Waals surface area contributed by atoms with Gasteiger partial charge in [-0.05, 0) is 48.6 Å². The van der Waals surface area contributed by atoms with Gasteiger partial charge in [0.15, 0.2) is 0 Å². The normalized spacial score (nSPS) is 15.6. The quantitative estimate of drug-likeness (QED) is 0.789. The minimum atomic E-state index is -0.0909. The number of hydrogen-bond acceptors (Lipinski definition) is 4. The number of nitrogens with two attached hydrogens (primary N) is 1. The van der Waals surface area contributed by atoms with Crippen molar-refractivity contribution < 1.29 is 4.79 Å². The van der Waals surface area contributed by atoms with E-state index >= 15 is 0 Å². The number of pyridine rings is 1. The van der Waals surface area contributed by atoms with Gasteiger partial charge in [-0.25, -0.2) is 4.99 Å². The Labute approximate surface area is 110 Å². The van der Waals surface area contributed by atoms with Crippen LogP contribution < -0.4 is 5.73 Å². The van der Waals surface area contributed by atoms with Crippen LogP contribution in [0.2, 0.25) is 0 Å². The second-order valence-corrected chi connectivity index (χ2v) is 4.19. The summed E-state index contributed by atoms with van der Waals surface area (Å²) in [6.45, 7) is 0. The zero-order valence-electron chi connectivity index (χ0n) is 10.1. The number of fused-ring (bicyclic) bond motifs is 1. The van der Waals surface area contributed by atoms with Crippen molar-refractivity contribution in [2.75, 3.05) is 5.73 Å². The third-order valence-electron chi connectivity index (χ3n) is 2.85. The van der Waals surface area contributed by atoms with Crippen molar-refractivity contribution in [3.05, 3.63) is 66.0 Å². The predicted molar refractivity (Wildman–Crippen MR) is 74.8 cm³/mol. The minimum absolute atomic E-state index is 0.0909. The molecule has 1 aromatic carbocycles. The molecule has 4 heteroatoms. The first kappa shape index (κ1) is 11.3. The summed E-state index contributed by atoms with van der Waals surface area (Å²) in [5.41, 5.74) is 9.05. The molecule has 1 aromatic heterocycles. The van der Waals surface area contributed by atoms with E-state index in [1.54, 1.807) is 30.5 Å². The summed E-state index contributed by atoms with van der Waals surface area (Å²) in [5, 5.41) is 0. The van der Waals surface area contributed by atoms with Crippen molar-refractivity contribution in [2.24, 2.45) is 4.99 Å². The Bertz CT molecular complexity index is 700. The lowest BCUT2D eigenvalue weighted by Gasteiger charge is -2.10. The van der Waals surface area contributed by atoms with Gasteiger partial charge >= 0.3 is 0 Å². The molecule has 0 spiro atoms. The van der Waals surface area contributed by atoms with Gasteiger partial charge in [0.25, 0.3) is 0 Å². The maximum Gasteiger partial charge on any atom is 0.204 e. The van der Waals surface area contributed by atoms with Crippen LogP contribution in [0.15, 0.2) is 59.7 Å². The van der Waals surface area contributed by atoms with E-state index < -0.39 is 0 Å². The van der Waals surface area contributed by atoms with Crippen LogP contribution in [-0.4, -0.2) is 16.5 Å². The molecule has 2 aromatic rings. The molecule has 0 radical (unpaired) electrons. The van der Waals surface area contributed by atoms with Gasteiger partial charge in [-0.15, -0.1) is 0 Å². The Morgan fingerprint density at radius 2 is 1.84 bits per heavy atom. The monoisotopic (exact) mass is 249 g/mol. The number of rotatable bonds is 1. The highest BCUT2D eigenvalue weighted by Crippen LogP contribution is 2.20. The third kappa shape index (κ3) is 2.15. The first-order valence-corrected chi connectivity index (χ1v) is 5.86. The molecule has 1 heterocycles. The highest BCUT2D eigenvalue weighted by Gasteiger charge is 2.18.